The van der Waals surface area contributed by atoms with Crippen molar-refractivity contribution in [1.82, 2.24) is 13.8 Å². The van der Waals surface area contributed by atoms with E-state index in [1.165, 1.54) is 27.2 Å². The van der Waals surface area contributed by atoms with Gasteiger partial charge in [-0.1, -0.05) is 12.1 Å². The van der Waals surface area contributed by atoms with Crippen molar-refractivity contribution in [2.24, 2.45) is 7.05 Å². The maximum atomic E-state index is 13.1. The van der Waals surface area contributed by atoms with E-state index in [2.05, 4.69) is 36.9 Å². The van der Waals surface area contributed by atoms with Gasteiger partial charge in [-0.05, 0) is 49.9 Å². The molecule has 1 aromatic carbocycles. The van der Waals surface area contributed by atoms with Crippen molar-refractivity contribution in [2.45, 2.75) is 31.6 Å². The predicted octanol–water partition coefficient (Wildman–Crippen LogP) is 2.39. The minimum absolute atomic E-state index is 0.110. The fourth-order valence-electron chi connectivity index (χ4n) is 4.34. The molecule has 2 aliphatic heterocycles. The van der Waals surface area contributed by atoms with E-state index in [9.17, 15) is 13.2 Å². The van der Waals surface area contributed by atoms with Gasteiger partial charge in [0.15, 0.2) is 0 Å². The Morgan fingerprint density at radius 3 is 2.27 bits per heavy atom. The Morgan fingerprint density at radius 1 is 0.933 bits per heavy atom. The summed E-state index contributed by atoms with van der Waals surface area (Å²) in [4.78, 5) is 17.5. The molecule has 0 bridgehead atoms. The molecule has 0 aliphatic carbocycles. The van der Waals surface area contributed by atoms with Gasteiger partial charge in [0.2, 0.25) is 10.0 Å². The molecular formula is C22H30N4O3S. The Morgan fingerprint density at radius 2 is 1.60 bits per heavy atom. The first-order valence-electron chi connectivity index (χ1n) is 10.6. The number of benzene rings is 1. The monoisotopic (exact) mass is 430 g/mol. The number of anilines is 1. The second-order valence-electron chi connectivity index (χ2n) is 8.35. The van der Waals surface area contributed by atoms with Gasteiger partial charge in [-0.2, -0.15) is 4.31 Å². The summed E-state index contributed by atoms with van der Waals surface area (Å²) in [5, 5.41) is 0. The Hall–Kier alpha value is -2.32. The van der Waals surface area contributed by atoms with E-state index >= 15 is 0 Å². The first kappa shape index (κ1) is 20.9. The zero-order valence-electron chi connectivity index (χ0n) is 18.0. The van der Waals surface area contributed by atoms with Gasteiger partial charge in [0, 0.05) is 58.2 Å². The molecule has 0 atom stereocenters. The smallest absolute Gasteiger partial charge is 0.270 e. The lowest BCUT2D eigenvalue weighted by molar-refractivity contribution is 0.0737. The van der Waals surface area contributed by atoms with Crippen LogP contribution in [0.3, 0.4) is 0 Å². The standard InChI is InChI=1S/C22H30N4O3S/c1-17-6-7-18(2)20(14-17)24-10-12-25(13-11-24)22(27)21-15-19(16-23(21)3)30(28,29)26-8-4-5-9-26/h6-7,14-16H,4-5,8-13H2,1-3H3. The van der Waals surface area contributed by atoms with Crippen molar-refractivity contribution >= 4 is 21.6 Å². The summed E-state index contributed by atoms with van der Waals surface area (Å²) in [6, 6.07) is 7.98. The summed E-state index contributed by atoms with van der Waals surface area (Å²) in [6.07, 6.45) is 3.35. The van der Waals surface area contributed by atoms with E-state index in [0.717, 1.165) is 25.9 Å². The highest BCUT2D eigenvalue weighted by Gasteiger charge is 2.31. The van der Waals surface area contributed by atoms with Crippen LogP contribution in [-0.4, -0.2) is 67.4 Å². The quantitative estimate of drug-likeness (QED) is 0.747. The SMILES string of the molecule is Cc1ccc(C)c(N2CCN(C(=O)c3cc(S(=O)(=O)N4CCCC4)cn3C)CC2)c1. The third-order valence-electron chi connectivity index (χ3n) is 6.17. The van der Waals surface area contributed by atoms with Crippen molar-refractivity contribution in [1.29, 1.82) is 0 Å². The number of carbonyl (C=O) groups is 1. The summed E-state index contributed by atoms with van der Waals surface area (Å²) in [6.45, 7) is 8.07. The zero-order valence-corrected chi connectivity index (χ0v) is 18.8. The van der Waals surface area contributed by atoms with Gasteiger partial charge in [-0.3, -0.25) is 4.79 Å². The van der Waals surface area contributed by atoms with Crippen LogP contribution in [0.15, 0.2) is 35.4 Å². The maximum absolute atomic E-state index is 13.1. The molecule has 3 heterocycles. The van der Waals surface area contributed by atoms with Crippen molar-refractivity contribution < 1.29 is 13.2 Å². The minimum atomic E-state index is -3.52. The van der Waals surface area contributed by atoms with Gasteiger partial charge < -0.3 is 14.4 Å². The molecule has 0 saturated carbocycles. The average Bonchev–Trinajstić information content (AvgIpc) is 3.40. The van der Waals surface area contributed by atoms with Crippen molar-refractivity contribution in [3.05, 3.63) is 47.3 Å². The fourth-order valence-corrected chi connectivity index (χ4v) is 5.93. The number of sulfonamides is 1. The molecule has 8 heteroatoms. The molecule has 162 valence electrons. The van der Waals surface area contributed by atoms with Gasteiger partial charge >= 0.3 is 0 Å². The van der Waals surface area contributed by atoms with E-state index in [1.54, 1.807) is 17.8 Å². The number of rotatable bonds is 4. The predicted molar refractivity (Wildman–Crippen MR) is 117 cm³/mol. The van der Waals surface area contributed by atoms with E-state index in [-0.39, 0.29) is 10.8 Å². The number of hydrogen-bond acceptors (Lipinski definition) is 4. The molecule has 2 fully saturated rings. The third kappa shape index (κ3) is 3.86. The Labute approximate surface area is 178 Å². The van der Waals surface area contributed by atoms with Crippen LogP contribution in [0.4, 0.5) is 5.69 Å². The molecule has 7 nitrogen and oxygen atoms in total. The highest BCUT2D eigenvalue weighted by atomic mass is 32.2. The van der Waals surface area contributed by atoms with Gasteiger partial charge in [-0.15, -0.1) is 0 Å². The van der Waals surface area contributed by atoms with Crippen molar-refractivity contribution in [2.75, 3.05) is 44.2 Å². The molecule has 0 spiro atoms. The van der Waals surface area contributed by atoms with Crippen LogP contribution >= 0.6 is 0 Å². The van der Waals surface area contributed by atoms with Crippen LogP contribution < -0.4 is 4.90 Å². The van der Waals surface area contributed by atoms with Gasteiger partial charge in [0.05, 0.1) is 0 Å². The molecule has 1 amide bonds. The molecule has 0 N–H and O–H groups in total. The third-order valence-corrected chi connectivity index (χ3v) is 8.04. The highest BCUT2D eigenvalue weighted by molar-refractivity contribution is 7.89. The largest absolute Gasteiger partial charge is 0.368 e. The van der Waals surface area contributed by atoms with Crippen molar-refractivity contribution in [3.8, 4) is 0 Å². The van der Waals surface area contributed by atoms with E-state index in [0.29, 0.717) is 31.9 Å². The minimum Gasteiger partial charge on any atom is -0.368 e. The summed E-state index contributed by atoms with van der Waals surface area (Å²) >= 11 is 0. The molecule has 0 unspecified atom stereocenters. The molecule has 2 saturated heterocycles. The lowest BCUT2D eigenvalue weighted by atomic mass is 10.1. The normalized spacial score (nSPS) is 18.2. The summed E-state index contributed by atoms with van der Waals surface area (Å²) < 4.78 is 28.8. The van der Waals surface area contributed by atoms with Crippen LogP contribution in [0.25, 0.3) is 0 Å². The maximum Gasteiger partial charge on any atom is 0.270 e. The number of carbonyl (C=O) groups excluding carboxylic acids is 1. The lowest BCUT2D eigenvalue weighted by Crippen LogP contribution is -2.49. The molecular weight excluding hydrogens is 400 g/mol. The van der Waals surface area contributed by atoms with Crippen LogP contribution in [-0.2, 0) is 17.1 Å². The number of nitrogens with zero attached hydrogens (tertiary/aromatic N) is 4. The summed E-state index contributed by atoms with van der Waals surface area (Å²) in [5.41, 5.74) is 4.11. The van der Waals surface area contributed by atoms with Gasteiger partial charge in [-0.25, -0.2) is 8.42 Å². The summed E-state index contributed by atoms with van der Waals surface area (Å²) in [5.74, 6) is -0.110. The number of aromatic nitrogens is 1. The second-order valence-corrected chi connectivity index (χ2v) is 10.3. The lowest BCUT2D eigenvalue weighted by Gasteiger charge is -2.37. The van der Waals surface area contributed by atoms with Gasteiger partial charge in [0.1, 0.15) is 10.6 Å². The Balaban J connectivity index is 1.47. The van der Waals surface area contributed by atoms with Crippen molar-refractivity contribution in [3.63, 3.8) is 0 Å². The number of amides is 1. The average molecular weight is 431 g/mol. The zero-order chi connectivity index (χ0) is 21.5. The second kappa shape index (κ2) is 8.07. The highest BCUT2D eigenvalue weighted by Crippen LogP contribution is 2.25. The Kier molecular flexibility index (Phi) is 5.63. The molecule has 0 radical (unpaired) electrons. The first-order chi connectivity index (χ1) is 14.3. The van der Waals surface area contributed by atoms with Crippen LogP contribution in [0.2, 0.25) is 0 Å². The first-order valence-corrected chi connectivity index (χ1v) is 12.0. The van der Waals surface area contributed by atoms with E-state index < -0.39 is 10.0 Å². The van der Waals surface area contributed by atoms with E-state index in [4.69, 9.17) is 0 Å². The molecule has 2 aliphatic rings. The number of hydrogen-bond donors (Lipinski definition) is 0. The Bertz CT molecular complexity index is 1050. The number of aryl methyl sites for hydroxylation is 3. The number of piperazine rings is 1. The molecule has 1 aromatic heterocycles. The van der Waals surface area contributed by atoms with Crippen LogP contribution in [0.1, 0.15) is 34.5 Å². The van der Waals surface area contributed by atoms with Gasteiger partial charge in [0.25, 0.3) is 5.91 Å². The topological polar surface area (TPSA) is 65.9 Å². The van der Waals surface area contributed by atoms with E-state index in [1.807, 2.05) is 4.90 Å². The van der Waals surface area contributed by atoms with Crippen LogP contribution in [0, 0.1) is 13.8 Å². The molecule has 4 rings (SSSR count). The van der Waals surface area contributed by atoms with Crippen LogP contribution in [0.5, 0.6) is 0 Å². The fraction of sp³-hybridized carbons (Fsp3) is 0.500. The molecule has 2 aromatic rings. The summed E-state index contributed by atoms with van der Waals surface area (Å²) in [7, 11) is -1.79. The molecule has 30 heavy (non-hydrogen) atoms.